The molecule has 0 atom stereocenters. The van der Waals surface area contributed by atoms with Crippen LogP contribution in [0.3, 0.4) is 0 Å². The third-order valence-corrected chi connectivity index (χ3v) is 0.519. The fraction of sp³-hybridized carbons (Fsp3) is 0.500. The molecule has 1 nitrogen and oxygen atoms in total. The molecule has 0 aromatic carbocycles. The average molecular weight is 292 g/mol. The Hall–Kier alpha value is 0.492. The normalized spacial score (nSPS) is 6.57. The van der Waals surface area contributed by atoms with Gasteiger partial charge < -0.3 is 11.2 Å². The fourth-order valence-corrected chi connectivity index (χ4v) is 0.315. The SMILES string of the molecule is CC[CH-]C(=O)Cl.[Re]. The summed E-state index contributed by atoms with van der Waals surface area (Å²) in [7, 11) is 0. The molecular formula is C4H6ClORe-. The Morgan fingerprint density at radius 2 is 2.29 bits per heavy atom. The van der Waals surface area contributed by atoms with Crippen LogP contribution in [0, 0.1) is 6.42 Å². The van der Waals surface area contributed by atoms with Crippen molar-refractivity contribution in [3.63, 3.8) is 0 Å². The third kappa shape index (κ3) is 10.7. The number of carbonyl (C=O) groups excluding carboxylic acids is 1. The molecule has 0 aliphatic carbocycles. The summed E-state index contributed by atoms with van der Waals surface area (Å²) in [6.45, 7) is 1.86. The van der Waals surface area contributed by atoms with Crippen LogP contribution >= 0.6 is 11.6 Å². The van der Waals surface area contributed by atoms with Crippen LogP contribution in [0.2, 0.25) is 0 Å². The van der Waals surface area contributed by atoms with Crippen LogP contribution in [0.25, 0.3) is 0 Å². The van der Waals surface area contributed by atoms with E-state index in [0.29, 0.717) is 0 Å². The predicted octanol–water partition coefficient (Wildman–Crippen LogP) is 1.36. The second-order valence-electron chi connectivity index (χ2n) is 0.916. The summed E-state index contributed by atoms with van der Waals surface area (Å²) in [4.78, 5) is 9.75. The van der Waals surface area contributed by atoms with Gasteiger partial charge in [-0.3, -0.25) is 0 Å². The molecule has 0 heterocycles. The molecule has 43 valence electrons. The van der Waals surface area contributed by atoms with Crippen LogP contribution < -0.4 is 0 Å². The molecule has 1 radical (unpaired) electrons. The standard InChI is InChI=1S/C4H6ClO.Re/c1-2-3-4(5)6;/h3H,2H2,1H3;/q-1;. The second-order valence-corrected chi connectivity index (χ2v) is 1.29. The van der Waals surface area contributed by atoms with Gasteiger partial charge in [0.1, 0.15) is 0 Å². The maximum absolute atomic E-state index is 9.75. The van der Waals surface area contributed by atoms with Crippen molar-refractivity contribution < 1.29 is 25.2 Å². The number of hydrogen-bond donors (Lipinski definition) is 0. The molecule has 0 amide bonds. The number of halogens is 1. The van der Waals surface area contributed by atoms with Crippen LogP contribution in [0.5, 0.6) is 0 Å². The Kier molecular flexibility index (Phi) is 9.71. The summed E-state index contributed by atoms with van der Waals surface area (Å²) < 4.78 is 0. The molecule has 0 aliphatic rings. The maximum Gasteiger partial charge on any atom is 0.0877 e. The van der Waals surface area contributed by atoms with E-state index >= 15 is 0 Å². The van der Waals surface area contributed by atoms with Gasteiger partial charge in [-0.25, -0.2) is 0 Å². The van der Waals surface area contributed by atoms with E-state index in [0.717, 1.165) is 6.42 Å². The minimum Gasteiger partial charge on any atom is -0.317 e. The molecule has 0 rings (SSSR count). The van der Waals surface area contributed by atoms with Crippen LogP contribution in [0.4, 0.5) is 0 Å². The molecule has 0 N–H and O–H groups in total. The first-order chi connectivity index (χ1) is 2.77. The van der Waals surface area contributed by atoms with Crippen molar-refractivity contribution in [2.45, 2.75) is 13.3 Å². The summed E-state index contributed by atoms with van der Waals surface area (Å²) in [5.41, 5.74) is 0. The zero-order valence-electron chi connectivity index (χ0n) is 3.95. The molecule has 3 heteroatoms. The van der Waals surface area contributed by atoms with E-state index in [4.69, 9.17) is 11.6 Å². The largest absolute Gasteiger partial charge is 0.317 e. The monoisotopic (exact) mass is 292 g/mol. The van der Waals surface area contributed by atoms with E-state index in [1.807, 2.05) is 6.92 Å². The van der Waals surface area contributed by atoms with Crippen LogP contribution in [0.1, 0.15) is 13.3 Å². The minimum atomic E-state index is -0.363. The third-order valence-electron chi connectivity index (χ3n) is 0.365. The Bertz CT molecular complexity index is 55.7. The molecular weight excluding hydrogens is 286 g/mol. The Morgan fingerprint density at radius 1 is 1.86 bits per heavy atom. The molecule has 0 aromatic rings. The number of hydrogen-bond acceptors (Lipinski definition) is 1. The predicted molar refractivity (Wildman–Crippen MR) is 25.5 cm³/mol. The zero-order valence-corrected chi connectivity index (χ0v) is 7.42. The van der Waals surface area contributed by atoms with Crippen LogP contribution in [-0.2, 0) is 25.2 Å². The van der Waals surface area contributed by atoms with E-state index in [1.165, 1.54) is 6.42 Å². The fourth-order valence-electron chi connectivity index (χ4n) is 0.160. The number of carbonyl (C=O) groups is 1. The Balaban J connectivity index is 0. The van der Waals surface area contributed by atoms with E-state index in [1.54, 1.807) is 0 Å². The van der Waals surface area contributed by atoms with E-state index < -0.39 is 0 Å². The first-order valence-electron chi connectivity index (χ1n) is 1.80. The quantitative estimate of drug-likeness (QED) is 0.555. The first kappa shape index (κ1) is 10.5. The molecule has 0 aliphatic heterocycles. The van der Waals surface area contributed by atoms with Gasteiger partial charge in [0, 0.05) is 20.4 Å². The summed E-state index contributed by atoms with van der Waals surface area (Å²) in [5.74, 6) is 0. The van der Waals surface area contributed by atoms with Gasteiger partial charge in [-0.2, -0.15) is 6.42 Å². The Morgan fingerprint density at radius 3 is 2.29 bits per heavy atom. The topological polar surface area (TPSA) is 17.1 Å². The van der Waals surface area contributed by atoms with Crippen molar-refractivity contribution in [1.29, 1.82) is 0 Å². The Labute approximate surface area is 62.1 Å². The molecule has 0 saturated heterocycles. The second kappa shape index (κ2) is 6.49. The van der Waals surface area contributed by atoms with Crippen molar-refractivity contribution in [3.8, 4) is 0 Å². The van der Waals surface area contributed by atoms with Gasteiger partial charge in [-0.15, -0.1) is 0 Å². The van der Waals surface area contributed by atoms with Crippen LogP contribution in [0.15, 0.2) is 0 Å². The molecule has 7 heavy (non-hydrogen) atoms. The van der Waals surface area contributed by atoms with Crippen molar-refractivity contribution in [1.82, 2.24) is 0 Å². The van der Waals surface area contributed by atoms with Gasteiger partial charge in [0.2, 0.25) is 0 Å². The zero-order chi connectivity index (χ0) is 4.99. The molecule has 0 saturated carbocycles. The maximum atomic E-state index is 9.75. The molecule has 0 aromatic heterocycles. The summed E-state index contributed by atoms with van der Waals surface area (Å²) in [5, 5.41) is -0.363. The summed E-state index contributed by atoms with van der Waals surface area (Å²) in [6.07, 6.45) is 2.14. The van der Waals surface area contributed by atoms with Gasteiger partial charge in [0.25, 0.3) is 0 Å². The van der Waals surface area contributed by atoms with Crippen molar-refractivity contribution in [2.24, 2.45) is 0 Å². The van der Waals surface area contributed by atoms with Gasteiger partial charge in [0.15, 0.2) is 0 Å². The van der Waals surface area contributed by atoms with E-state index in [9.17, 15) is 4.79 Å². The van der Waals surface area contributed by atoms with Gasteiger partial charge in [-0.05, 0) is 0 Å². The first-order valence-corrected chi connectivity index (χ1v) is 2.18. The van der Waals surface area contributed by atoms with E-state index in [-0.39, 0.29) is 25.7 Å². The van der Waals surface area contributed by atoms with Crippen molar-refractivity contribution >= 4 is 16.8 Å². The van der Waals surface area contributed by atoms with E-state index in [2.05, 4.69) is 0 Å². The molecule has 0 bridgehead atoms. The summed E-state index contributed by atoms with van der Waals surface area (Å²) >= 11 is 4.88. The smallest absolute Gasteiger partial charge is 0.0877 e. The minimum absolute atomic E-state index is 0. The molecule has 0 spiro atoms. The van der Waals surface area contributed by atoms with Crippen molar-refractivity contribution in [3.05, 3.63) is 6.42 Å². The molecule has 0 unspecified atom stereocenters. The number of rotatable bonds is 2. The molecule has 0 fully saturated rings. The van der Waals surface area contributed by atoms with Gasteiger partial charge >= 0.3 is 0 Å². The van der Waals surface area contributed by atoms with Gasteiger partial charge in [-0.1, -0.05) is 18.5 Å². The summed E-state index contributed by atoms with van der Waals surface area (Å²) in [6, 6.07) is 0. The average Bonchev–Trinajstić information content (AvgIpc) is 1.35. The van der Waals surface area contributed by atoms with Gasteiger partial charge in [0.05, 0.1) is 5.24 Å². The van der Waals surface area contributed by atoms with Crippen molar-refractivity contribution in [2.75, 3.05) is 0 Å². The van der Waals surface area contributed by atoms with Crippen LogP contribution in [-0.4, -0.2) is 5.24 Å².